The van der Waals surface area contributed by atoms with E-state index in [0.29, 0.717) is 31.0 Å². The van der Waals surface area contributed by atoms with Gasteiger partial charge in [0, 0.05) is 36.8 Å². The Bertz CT molecular complexity index is 879. The van der Waals surface area contributed by atoms with Gasteiger partial charge in [-0.3, -0.25) is 4.79 Å². The molecule has 5 nitrogen and oxygen atoms in total. The van der Waals surface area contributed by atoms with Crippen LogP contribution >= 0.6 is 11.6 Å². The Morgan fingerprint density at radius 1 is 1.08 bits per heavy atom. The predicted octanol–water partition coefficient (Wildman–Crippen LogP) is 3.40. The van der Waals surface area contributed by atoms with Crippen molar-refractivity contribution in [3.8, 4) is 0 Å². The lowest BCUT2D eigenvalue weighted by molar-refractivity contribution is -0.123. The van der Waals surface area contributed by atoms with Crippen LogP contribution in [0.25, 0.3) is 0 Å². The summed E-state index contributed by atoms with van der Waals surface area (Å²) in [6.45, 7) is 0.655. The number of hydrogen-bond donors (Lipinski definition) is 0. The molecular formula is C19H21ClN2O3S. The molecule has 1 fully saturated rings. The van der Waals surface area contributed by atoms with Crippen molar-refractivity contribution in [3.63, 3.8) is 0 Å². The SMILES string of the molecule is CN(C(=O)C1CCN(S(=O)(=O)c2cccc(Cl)c2)CC1)c1ccccc1. The molecule has 0 radical (unpaired) electrons. The van der Waals surface area contributed by atoms with E-state index >= 15 is 0 Å². The zero-order valence-electron chi connectivity index (χ0n) is 14.5. The molecule has 26 heavy (non-hydrogen) atoms. The van der Waals surface area contributed by atoms with E-state index in [1.807, 2.05) is 30.3 Å². The molecule has 0 saturated carbocycles. The molecule has 0 spiro atoms. The Hall–Kier alpha value is -1.89. The number of piperidine rings is 1. The summed E-state index contributed by atoms with van der Waals surface area (Å²) in [7, 11) is -1.83. The summed E-state index contributed by atoms with van der Waals surface area (Å²) in [6.07, 6.45) is 1.02. The summed E-state index contributed by atoms with van der Waals surface area (Å²) < 4.78 is 26.9. The molecule has 1 heterocycles. The number of anilines is 1. The molecule has 3 rings (SSSR count). The van der Waals surface area contributed by atoms with Crippen molar-refractivity contribution in [1.82, 2.24) is 4.31 Å². The molecule has 0 aromatic heterocycles. The summed E-state index contributed by atoms with van der Waals surface area (Å²) in [5, 5.41) is 0.389. The second-order valence-corrected chi connectivity index (χ2v) is 8.74. The normalized spacial score (nSPS) is 16.4. The molecular weight excluding hydrogens is 372 g/mol. The van der Waals surface area contributed by atoms with E-state index in [-0.39, 0.29) is 16.7 Å². The first-order valence-electron chi connectivity index (χ1n) is 8.48. The van der Waals surface area contributed by atoms with Crippen LogP contribution in [0, 0.1) is 5.92 Å². The van der Waals surface area contributed by atoms with Crippen molar-refractivity contribution in [1.29, 1.82) is 0 Å². The zero-order chi connectivity index (χ0) is 18.7. The molecule has 0 atom stereocenters. The van der Waals surface area contributed by atoms with E-state index in [4.69, 9.17) is 11.6 Å². The van der Waals surface area contributed by atoms with E-state index in [0.717, 1.165) is 5.69 Å². The number of halogens is 1. The lowest BCUT2D eigenvalue weighted by Gasteiger charge is -2.32. The van der Waals surface area contributed by atoms with Crippen LogP contribution in [-0.2, 0) is 14.8 Å². The summed E-state index contributed by atoms with van der Waals surface area (Å²) in [6, 6.07) is 15.7. The van der Waals surface area contributed by atoms with Crippen LogP contribution in [0.2, 0.25) is 5.02 Å². The van der Waals surface area contributed by atoms with Gasteiger partial charge in [0.25, 0.3) is 0 Å². The molecule has 1 amide bonds. The molecule has 0 bridgehead atoms. The number of carbonyl (C=O) groups excluding carboxylic acids is 1. The number of sulfonamides is 1. The van der Waals surface area contributed by atoms with Gasteiger partial charge in [-0.05, 0) is 43.2 Å². The summed E-state index contributed by atoms with van der Waals surface area (Å²) in [5.41, 5.74) is 0.839. The van der Waals surface area contributed by atoms with Crippen molar-refractivity contribution in [2.45, 2.75) is 17.7 Å². The van der Waals surface area contributed by atoms with E-state index in [2.05, 4.69) is 0 Å². The summed E-state index contributed by atoms with van der Waals surface area (Å²) in [5.74, 6) is -0.151. The van der Waals surface area contributed by atoms with Gasteiger partial charge in [-0.2, -0.15) is 4.31 Å². The van der Waals surface area contributed by atoms with Crippen molar-refractivity contribution < 1.29 is 13.2 Å². The zero-order valence-corrected chi connectivity index (χ0v) is 16.1. The van der Waals surface area contributed by atoms with E-state index in [1.165, 1.54) is 10.4 Å². The van der Waals surface area contributed by atoms with Crippen LogP contribution in [0.4, 0.5) is 5.69 Å². The molecule has 2 aromatic rings. The minimum atomic E-state index is -3.58. The smallest absolute Gasteiger partial charge is 0.243 e. The minimum absolute atomic E-state index is 0.0241. The highest BCUT2D eigenvalue weighted by atomic mass is 35.5. The summed E-state index contributed by atoms with van der Waals surface area (Å²) >= 11 is 5.91. The predicted molar refractivity (Wildman–Crippen MR) is 103 cm³/mol. The van der Waals surface area contributed by atoms with Crippen LogP contribution < -0.4 is 4.90 Å². The van der Waals surface area contributed by atoms with Crippen LogP contribution in [-0.4, -0.2) is 38.8 Å². The van der Waals surface area contributed by atoms with Crippen LogP contribution in [0.3, 0.4) is 0 Å². The largest absolute Gasteiger partial charge is 0.315 e. The first-order valence-corrected chi connectivity index (χ1v) is 10.3. The Morgan fingerprint density at radius 3 is 2.35 bits per heavy atom. The van der Waals surface area contributed by atoms with Gasteiger partial charge in [-0.25, -0.2) is 8.42 Å². The maximum absolute atomic E-state index is 12.7. The highest BCUT2D eigenvalue weighted by molar-refractivity contribution is 7.89. The Labute approximate surface area is 159 Å². The number of rotatable bonds is 4. The highest BCUT2D eigenvalue weighted by Crippen LogP contribution is 2.27. The van der Waals surface area contributed by atoms with Crippen LogP contribution in [0.1, 0.15) is 12.8 Å². The first-order chi connectivity index (χ1) is 12.4. The molecule has 1 saturated heterocycles. The van der Waals surface area contributed by atoms with Crippen LogP contribution in [0.15, 0.2) is 59.5 Å². The third-order valence-corrected chi connectivity index (χ3v) is 6.84. The maximum Gasteiger partial charge on any atom is 0.243 e. The molecule has 138 valence electrons. The van der Waals surface area contributed by atoms with Crippen molar-refractivity contribution in [3.05, 3.63) is 59.6 Å². The standard InChI is InChI=1S/C19H21ClN2O3S/c1-21(17-7-3-2-4-8-17)19(23)15-10-12-22(13-11-15)26(24,25)18-9-5-6-16(20)14-18/h2-9,14-15H,10-13H2,1H3. The van der Waals surface area contributed by atoms with E-state index in [1.54, 1.807) is 30.1 Å². The molecule has 0 aliphatic carbocycles. The van der Waals surface area contributed by atoms with Gasteiger partial charge in [-0.1, -0.05) is 35.9 Å². The van der Waals surface area contributed by atoms with Crippen molar-refractivity contribution in [2.75, 3.05) is 25.0 Å². The number of carbonyl (C=O) groups is 1. The van der Waals surface area contributed by atoms with Gasteiger partial charge in [0.2, 0.25) is 15.9 Å². The fraction of sp³-hybridized carbons (Fsp3) is 0.316. The highest BCUT2D eigenvalue weighted by Gasteiger charge is 2.33. The Balaban J connectivity index is 1.66. The lowest BCUT2D eigenvalue weighted by Crippen LogP contribution is -2.43. The number of para-hydroxylation sites is 1. The average molecular weight is 393 g/mol. The number of hydrogen-bond acceptors (Lipinski definition) is 3. The van der Waals surface area contributed by atoms with Gasteiger partial charge in [-0.15, -0.1) is 0 Å². The molecule has 2 aromatic carbocycles. The fourth-order valence-electron chi connectivity index (χ4n) is 3.17. The second kappa shape index (κ2) is 7.78. The Kier molecular flexibility index (Phi) is 5.65. The van der Waals surface area contributed by atoms with Gasteiger partial charge in [0.15, 0.2) is 0 Å². The molecule has 1 aliphatic heterocycles. The third-order valence-electron chi connectivity index (χ3n) is 4.71. The number of benzene rings is 2. The lowest BCUT2D eigenvalue weighted by atomic mass is 9.96. The van der Waals surface area contributed by atoms with E-state index < -0.39 is 10.0 Å². The van der Waals surface area contributed by atoms with Crippen molar-refractivity contribution >= 4 is 33.2 Å². The average Bonchev–Trinajstić information content (AvgIpc) is 2.67. The topological polar surface area (TPSA) is 57.7 Å². The van der Waals surface area contributed by atoms with Crippen LogP contribution in [0.5, 0.6) is 0 Å². The quantitative estimate of drug-likeness (QED) is 0.801. The van der Waals surface area contributed by atoms with E-state index in [9.17, 15) is 13.2 Å². The fourth-order valence-corrected chi connectivity index (χ4v) is 4.94. The molecule has 0 unspecified atom stereocenters. The van der Waals surface area contributed by atoms with Gasteiger partial charge >= 0.3 is 0 Å². The van der Waals surface area contributed by atoms with Gasteiger partial charge in [0.05, 0.1) is 4.90 Å². The molecule has 1 aliphatic rings. The molecule has 7 heteroatoms. The van der Waals surface area contributed by atoms with Crippen molar-refractivity contribution in [2.24, 2.45) is 5.92 Å². The first kappa shape index (κ1) is 18.9. The summed E-state index contributed by atoms with van der Waals surface area (Å²) in [4.78, 5) is 14.5. The monoisotopic (exact) mass is 392 g/mol. The maximum atomic E-state index is 12.7. The number of amides is 1. The van der Waals surface area contributed by atoms with Gasteiger partial charge < -0.3 is 4.90 Å². The Morgan fingerprint density at radius 2 is 1.73 bits per heavy atom. The third kappa shape index (κ3) is 3.92. The molecule has 0 N–H and O–H groups in total. The number of nitrogens with zero attached hydrogens (tertiary/aromatic N) is 2. The minimum Gasteiger partial charge on any atom is -0.315 e. The second-order valence-electron chi connectivity index (χ2n) is 6.37. The van der Waals surface area contributed by atoms with Gasteiger partial charge in [0.1, 0.15) is 0 Å².